The molecule has 9 heteroatoms. The molecule has 1 rings (SSSR count). The van der Waals surface area contributed by atoms with Gasteiger partial charge in [-0.2, -0.15) is 0 Å². The number of rotatable bonds is 5. The largest absolute Gasteiger partial charge is 0.390 e. The fourth-order valence-corrected chi connectivity index (χ4v) is 1.13. The van der Waals surface area contributed by atoms with E-state index < -0.39 is 29.7 Å². The topological polar surface area (TPSA) is 88.3 Å². The number of hydrogen-bond donors (Lipinski definition) is 2. The van der Waals surface area contributed by atoms with Crippen molar-refractivity contribution in [3.05, 3.63) is 27.4 Å². The number of nitro groups is 1. The molecule has 1 heterocycles. The van der Waals surface area contributed by atoms with Gasteiger partial charge in [0.25, 0.3) is 5.92 Å². The van der Waals surface area contributed by atoms with Gasteiger partial charge in [0.15, 0.2) is 0 Å². The molecular weight excluding hydrogens is 260 g/mol. The van der Waals surface area contributed by atoms with E-state index in [1.165, 1.54) is 0 Å². The molecule has 2 N–H and O–H groups in total. The molecule has 0 aliphatic rings. The SMILES string of the molecule is O=[N+]([O-])c1cc(Cl)cnc1NCC(F)(F)CO. The number of aliphatic hydroxyl groups excluding tert-OH is 1. The standard InChI is InChI=1S/C8H8ClF2N3O3/c9-5-1-6(14(16)17)7(12-2-5)13-3-8(10,11)4-15/h1-2,15H,3-4H2,(H,12,13). The van der Waals surface area contributed by atoms with Gasteiger partial charge in [0, 0.05) is 12.3 Å². The van der Waals surface area contributed by atoms with E-state index in [4.69, 9.17) is 16.7 Å². The molecule has 0 saturated heterocycles. The zero-order chi connectivity index (χ0) is 13.1. The highest BCUT2D eigenvalue weighted by Crippen LogP contribution is 2.25. The number of halogens is 3. The summed E-state index contributed by atoms with van der Waals surface area (Å²) in [6.07, 6.45) is 1.09. The van der Waals surface area contributed by atoms with Crippen LogP contribution in [0.3, 0.4) is 0 Å². The van der Waals surface area contributed by atoms with E-state index in [1.54, 1.807) is 0 Å². The highest BCUT2D eigenvalue weighted by Gasteiger charge is 2.29. The van der Waals surface area contributed by atoms with E-state index in [9.17, 15) is 18.9 Å². The summed E-state index contributed by atoms with van der Waals surface area (Å²) >= 11 is 5.50. The highest BCUT2D eigenvalue weighted by molar-refractivity contribution is 6.30. The molecule has 1 aromatic rings. The second-order valence-electron chi connectivity index (χ2n) is 3.15. The van der Waals surface area contributed by atoms with E-state index >= 15 is 0 Å². The first-order valence-corrected chi connectivity index (χ1v) is 4.76. The molecule has 17 heavy (non-hydrogen) atoms. The number of nitrogens with zero attached hydrogens (tertiary/aromatic N) is 2. The van der Waals surface area contributed by atoms with Crippen LogP contribution in [0.15, 0.2) is 12.3 Å². The monoisotopic (exact) mass is 267 g/mol. The molecule has 0 atom stereocenters. The smallest absolute Gasteiger partial charge is 0.312 e. The Bertz CT molecular complexity index is 430. The van der Waals surface area contributed by atoms with Gasteiger partial charge in [0.2, 0.25) is 5.82 Å². The van der Waals surface area contributed by atoms with Crippen LogP contribution in [0.25, 0.3) is 0 Å². The molecule has 0 fully saturated rings. The van der Waals surface area contributed by atoms with Crippen LogP contribution in [0.5, 0.6) is 0 Å². The Balaban J connectivity index is 2.88. The number of aliphatic hydroxyl groups is 1. The molecule has 1 aromatic heterocycles. The molecule has 6 nitrogen and oxygen atoms in total. The van der Waals surface area contributed by atoms with E-state index in [2.05, 4.69) is 10.3 Å². The van der Waals surface area contributed by atoms with Crippen molar-refractivity contribution in [1.82, 2.24) is 4.98 Å². The first-order chi connectivity index (χ1) is 7.85. The van der Waals surface area contributed by atoms with Crippen molar-refractivity contribution in [2.75, 3.05) is 18.5 Å². The summed E-state index contributed by atoms with van der Waals surface area (Å²) < 4.78 is 25.4. The lowest BCUT2D eigenvalue weighted by molar-refractivity contribution is -0.384. The molecule has 0 aliphatic heterocycles. The molecule has 0 unspecified atom stereocenters. The van der Waals surface area contributed by atoms with Gasteiger partial charge >= 0.3 is 5.69 Å². The minimum atomic E-state index is -3.38. The Kier molecular flexibility index (Phi) is 4.13. The van der Waals surface area contributed by atoms with Crippen LogP contribution in [0, 0.1) is 10.1 Å². The van der Waals surface area contributed by atoms with E-state index in [0.29, 0.717) is 0 Å². The minimum Gasteiger partial charge on any atom is -0.390 e. The lowest BCUT2D eigenvalue weighted by Gasteiger charge is -2.14. The predicted molar refractivity (Wildman–Crippen MR) is 56.4 cm³/mol. The number of hydrogen-bond acceptors (Lipinski definition) is 5. The van der Waals surface area contributed by atoms with Crippen LogP contribution in [0.2, 0.25) is 5.02 Å². The van der Waals surface area contributed by atoms with Crippen molar-refractivity contribution >= 4 is 23.1 Å². The first-order valence-electron chi connectivity index (χ1n) is 4.38. The van der Waals surface area contributed by atoms with Crippen LogP contribution in [0.1, 0.15) is 0 Å². The Morgan fingerprint density at radius 1 is 1.65 bits per heavy atom. The average molecular weight is 268 g/mol. The number of aromatic nitrogens is 1. The molecule has 94 valence electrons. The minimum absolute atomic E-state index is 0.0242. The summed E-state index contributed by atoms with van der Waals surface area (Å²) in [5.74, 6) is -3.71. The molecule has 0 spiro atoms. The molecule has 0 aliphatic carbocycles. The predicted octanol–water partition coefficient (Wildman–Crippen LogP) is 1.68. The Hall–Kier alpha value is -1.54. The van der Waals surface area contributed by atoms with Gasteiger partial charge in [-0.15, -0.1) is 0 Å². The van der Waals surface area contributed by atoms with Gasteiger partial charge in [0.05, 0.1) is 16.5 Å². The van der Waals surface area contributed by atoms with Crippen LogP contribution in [0.4, 0.5) is 20.3 Å². The zero-order valence-corrected chi connectivity index (χ0v) is 9.12. The second kappa shape index (κ2) is 5.19. The van der Waals surface area contributed by atoms with Crippen molar-refractivity contribution in [3.63, 3.8) is 0 Å². The van der Waals surface area contributed by atoms with Crippen LogP contribution in [-0.4, -0.2) is 34.1 Å². The average Bonchev–Trinajstić information content (AvgIpc) is 2.27. The number of alkyl halides is 2. The fourth-order valence-electron chi connectivity index (χ4n) is 0.973. The zero-order valence-electron chi connectivity index (χ0n) is 8.36. The summed E-state index contributed by atoms with van der Waals surface area (Å²) in [5.41, 5.74) is -0.508. The molecular formula is C8H8ClF2N3O3. The Labute approximate surface area is 99.4 Å². The van der Waals surface area contributed by atoms with Gasteiger partial charge in [0.1, 0.15) is 6.61 Å². The van der Waals surface area contributed by atoms with Crippen molar-refractivity contribution in [1.29, 1.82) is 0 Å². The number of nitrogens with one attached hydrogen (secondary N) is 1. The van der Waals surface area contributed by atoms with Gasteiger partial charge in [-0.3, -0.25) is 10.1 Å². The third kappa shape index (κ3) is 3.75. The summed E-state index contributed by atoms with van der Waals surface area (Å²) in [7, 11) is 0. The Morgan fingerprint density at radius 3 is 2.82 bits per heavy atom. The molecule has 0 aromatic carbocycles. The van der Waals surface area contributed by atoms with Gasteiger partial charge in [-0.1, -0.05) is 11.6 Å². The maximum Gasteiger partial charge on any atom is 0.312 e. The molecule has 0 saturated carbocycles. The first kappa shape index (κ1) is 13.5. The summed E-state index contributed by atoms with van der Waals surface area (Å²) in [4.78, 5) is 13.3. The summed E-state index contributed by atoms with van der Waals surface area (Å²) in [5, 5.41) is 21.0. The Morgan fingerprint density at radius 2 is 2.29 bits per heavy atom. The van der Waals surface area contributed by atoms with Gasteiger partial charge < -0.3 is 10.4 Å². The number of anilines is 1. The van der Waals surface area contributed by atoms with E-state index in [0.717, 1.165) is 12.3 Å². The van der Waals surface area contributed by atoms with Gasteiger partial charge in [-0.25, -0.2) is 13.8 Å². The van der Waals surface area contributed by atoms with Crippen molar-refractivity contribution in [2.24, 2.45) is 0 Å². The van der Waals surface area contributed by atoms with Crippen molar-refractivity contribution in [3.8, 4) is 0 Å². The number of pyridine rings is 1. The second-order valence-corrected chi connectivity index (χ2v) is 3.58. The summed E-state index contributed by atoms with van der Waals surface area (Å²) in [6, 6.07) is 0.994. The molecule has 0 bridgehead atoms. The van der Waals surface area contributed by atoms with Crippen LogP contribution < -0.4 is 5.32 Å². The molecule has 0 radical (unpaired) electrons. The lowest BCUT2D eigenvalue weighted by atomic mass is 10.3. The maximum atomic E-state index is 12.7. The van der Waals surface area contributed by atoms with Crippen molar-refractivity contribution in [2.45, 2.75) is 5.92 Å². The third-order valence-corrected chi connectivity index (χ3v) is 1.98. The fraction of sp³-hybridized carbons (Fsp3) is 0.375. The lowest BCUT2D eigenvalue weighted by Crippen LogP contribution is -2.31. The third-order valence-electron chi connectivity index (χ3n) is 1.78. The summed E-state index contributed by atoms with van der Waals surface area (Å²) in [6.45, 7) is -2.32. The highest BCUT2D eigenvalue weighted by atomic mass is 35.5. The normalized spacial score (nSPS) is 11.3. The maximum absolute atomic E-state index is 12.7. The van der Waals surface area contributed by atoms with Crippen LogP contribution in [-0.2, 0) is 0 Å². The van der Waals surface area contributed by atoms with Crippen LogP contribution >= 0.6 is 11.6 Å². The van der Waals surface area contributed by atoms with Gasteiger partial charge in [-0.05, 0) is 0 Å². The molecule has 0 amide bonds. The van der Waals surface area contributed by atoms with E-state index in [-0.39, 0.29) is 10.8 Å². The van der Waals surface area contributed by atoms with Crippen molar-refractivity contribution < 1.29 is 18.8 Å². The van der Waals surface area contributed by atoms with E-state index in [1.807, 2.05) is 0 Å². The quantitative estimate of drug-likeness (QED) is 0.626.